The van der Waals surface area contributed by atoms with Crippen LogP contribution in [0.15, 0.2) is 77.0 Å². The van der Waals surface area contributed by atoms with Crippen LogP contribution < -0.4 is 5.32 Å². The van der Waals surface area contributed by atoms with Crippen LogP contribution in [0.5, 0.6) is 0 Å². The summed E-state index contributed by atoms with van der Waals surface area (Å²) in [5.41, 5.74) is 9.00. The van der Waals surface area contributed by atoms with Crippen molar-refractivity contribution >= 4 is 28.7 Å². The van der Waals surface area contributed by atoms with Gasteiger partial charge in [-0.25, -0.2) is 0 Å². The highest BCUT2D eigenvalue weighted by atomic mass is 32.2. The van der Waals surface area contributed by atoms with Crippen molar-refractivity contribution in [3.05, 3.63) is 89.5 Å². The van der Waals surface area contributed by atoms with Crippen molar-refractivity contribution in [1.29, 1.82) is 0 Å². The average molecular weight is 398 g/mol. The Hall–Kier alpha value is -2.45. The first kappa shape index (κ1) is 18.6. The molecule has 2 heteroatoms. The molecule has 2 aliphatic rings. The SMILES string of the molecule is C=C(c1ccc2c(c1)CCCCCCC2)c1ccc2c(c1)Nc1ccccc1S2. The first-order valence-corrected chi connectivity index (χ1v) is 11.6. The quantitative estimate of drug-likeness (QED) is 0.368. The highest BCUT2D eigenvalue weighted by molar-refractivity contribution is 7.99. The number of hydrogen-bond donors (Lipinski definition) is 1. The maximum atomic E-state index is 4.46. The molecule has 0 bridgehead atoms. The van der Waals surface area contributed by atoms with Crippen molar-refractivity contribution in [1.82, 2.24) is 0 Å². The fourth-order valence-corrected chi connectivity index (χ4v) is 5.41. The third-order valence-electron chi connectivity index (χ3n) is 6.15. The number of anilines is 2. The molecule has 3 aromatic carbocycles. The van der Waals surface area contributed by atoms with Crippen molar-refractivity contribution in [2.75, 3.05) is 5.32 Å². The monoisotopic (exact) mass is 397 g/mol. The van der Waals surface area contributed by atoms with Crippen LogP contribution in [0.4, 0.5) is 11.4 Å². The molecule has 1 heterocycles. The molecule has 3 aromatic rings. The van der Waals surface area contributed by atoms with Gasteiger partial charge in [0.25, 0.3) is 0 Å². The van der Waals surface area contributed by atoms with Crippen molar-refractivity contribution in [2.45, 2.75) is 54.7 Å². The second-order valence-corrected chi connectivity index (χ2v) is 9.25. The van der Waals surface area contributed by atoms with Gasteiger partial charge in [-0.1, -0.05) is 74.0 Å². The van der Waals surface area contributed by atoms with Gasteiger partial charge in [0.2, 0.25) is 0 Å². The first-order chi connectivity index (χ1) is 14.3. The minimum absolute atomic E-state index is 1.11. The third kappa shape index (κ3) is 3.86. The van der Waals surface area contributed by atoms with Crippen LogP contribution in [0.2, 0.25) is 0 Å². The molecule has 0 unspecified atom stereocenters. The molecule has 146 valence electrons. The molecule has 1 aliphatic carbocycles. The molecule has 0 amide bonds. The standard InChI is InChI=1S/C27H27NS/c1-19(21-14-13-20-9-5-3-2-4-6-10-23(20)17-21)22-15-16-27-25(18-22)28-24-11-7-8-12-26(24)29-27/h7-8,11-18,28H,1-6,9-10H2. The lowest BCUT2D eigenvalue weighted by molar-refractivity contribution is 0.629. The summed E-state index contributed by atoms with van der Waals surface area (Å²) in [6.45, 7) is 4.46. The molecule has 0 aromatic heterocycles. The van der Waals surface area contributed by atoms with Gasteiger partial charge in [0.15, 0.2) is 0 Å². The Morgan fingerprint density at radius 2 is 1.38 bits per heavy atom. The topological polar surface area (TPSA) is 12.0 Å². The predicted molar refractivity (Wildman–Crippen MR) is 125 cm³/mol. The number of rotatable bonds is 2. The van der Waals surface area contributed by atoms with E-state index in [4.69, 9.17) is 0 Å². The molecule has 1 N–H and O–H groups in total. The van der Waals surface area contributed by atoms with E-state index in [1.165, 1.54) is 82.8 Å². The van der Waals surface area contributed by atoms with Crippen LogP contribution >= 0.6 is 11.8 Å². The van der Waals surface area contributed by atoms with Crippen molar-refractivity contribution in [3.63, 3.8) is 0 Å². The summed E-state index contributed by atoms with van der Waals surface area (Å²) in [5.74, 6) is 0. The summed E-state index contributed by atoms with van der Waals surface area (Å²) in [7, 11) is 0. The van der Waals surface area contributed by atoms with Gasteiger partial charge in [0, 0.05) is 9.79 Å². The molecule has 0 spiro atoms. The molecule has 5 rings (SSSR count). The number of nitrogens with one attached hydrogen (secondary N) is 1. The van der Waals surface area contributed by atoms with Gasteiger partial charge in [-0.05, 0) is 77.8 Å². The molecule has 1 nitrogen and oxygen atoms in total. The van der Waals surface area contributed by atoms with Gasteiger partial charge >= 0.3 is 0 Å². The Labute approximate surface area is 178 Å². The van der Waals surface area contributed by atoms with Crippen LogP contribution in [0.3, 0.4) is 0 Å². The zero-order valence-electron chi connectivity index (χ0n) is 16.8. The van der Waals surface area contributed by atoms with Crippen LogP contribution in [-0.4, -0.2) is 0 Å². The van der Waals surface area contributed by atoms with E-state index in [1.54, 1.807) is 5.56 Å². The van der Waals surface area contributed by atoms with E-state index < -0.39 is 0 Å². The minimum atomic E-state index is 1.11. The van der Waals surface area contributed by atoms with E-state index in [0.717, 1.165) is 5.57 Å². The number of hydrogen-bond acceptors (Lipinski definition) is 2. The van der Waals surface area contributed by atoms with E-state index >= 15 is 0 Å². The van der Waals surface area contributed by atoms with Gasteiger partial charge in [-0.3, -0.25) is 0 Å². The van der Waals surface area contributed by atoms with Crippen LogP contribution in [-0.2, 0) is 12.8 Å². The fourth-order valence-electron chi connectivity index (χ4n) is 4.44. The van der Waals surface area contributed by atoms with Crippen LogP contribution in [0, 0.1) is 0 Å². The first-order valence-electron chi connectivity index (χ1n) is 10.8. The van der Waals surface area contributed by atoms with Crippen molar-refractivity contribution < 1.29 is 0 Å². The van der Waals surface area contributed by atoms with Crippen LogP contribution in [0.25, 0.3) is 5.57 Å². The molecular formula is C27H27NS. The van der Waals surface area contributed by atoms with E-state index in [9.17, 15) is 0 Å². The van der Waals surface area contributed by atoms with E-state index in [0.29, 0.717) is 0 Å². The minimum Gasteiger partial charge on any atom is -0.354 e. The summed E-state index contributed by atoms with van der Waals surface area (Å²) in [4.78, 5) is 2.55. The highest BCUT2D eigenvalue weighted by Gasteiger charge is 2.16. The molecule has 0 radical (unpaired) electrons. The number of para-hydroxylation sites is 1. The smallest absolute Gasteiger partial charge is 0.0532 e. The van der Waals surface area contributed by atoms with Gasteiger partial charge in [0.05, 0.1) is 11.4 Å². The fraction of sp³-hybridized carbons (Fsp3) is 0.259. The van der Waals surface area contributed by atoms with Gasteiger partial charge in [0.1, 0.15) is 0 Å². The maximum Gasteiger partial charge on any atom is 0.0532 e. The lowest BCUT2D eigenvalue weighted by Crippen LogP contribution is -2.01. The number of benzene rings is 3. The maximum absolute atomic E-state index is 4.46. The van der Waals surface area contributed by atoms with Crippen molar-refractivity contribution in [2.24, 2.45) is 0 Å². The van der Waals surface area contributed by atoms with Gasteiger partial charge < -0.3 is 5.32 Å². The Kier molecular flexibility index (Phi) is 5.20. The van der Waals surface area contributed by atoms with Crippen molar-refractivity contribution in [3.8, 4) is 0 Å². The normalized spacial score (nSPS) is 15.6. The summed E-state index contributed by atoms with van der Waals surface area (Å²) >= 11 is 1.83. The Bertz CT molecular complexity index is 1070. The van der Waals surface area contributed by atoms with E-state index in [1.807, 2.05) is 11.8 Å². The highest BCUT2D eigenvalue weighted by Crippen LogP contribution is 2.45. The van der Waals surface area contributed by atoms with Crippen LogP contribution in [0.1, 0.15) is 54.4 Å². The van der Waals surface area contributed by atoms with Gasteiger partial charge in [-0.15, -0.1) is 0 Å². The Balaban J connectivity index is 1.43. The van der Waals surface area contributed by atoms with E-state index in [-0.39, 0.29) is 0 Å². The summed E-state index contributed by atoms with van der Waals surface area (Å²) < 4.78 is 0. The number of aryl methyl sites for hydroxylation is 2. The predicted octanol–water partition coefficient (Wildman–Crippen LogP) is 8.01. The lowest BCUT2D eigenvalue weighted by atomic mass is 9.92. The molecule has 0 saturated heterocycles. The largest absolute Gasteiger partial charge is 0.354 e. The zero-order chi connectivity index (χ0) is 19.6. The molecule has 0 saturated carbocycles. The summed E-state index contributed by atoms with van der Waals surface area (Å²) in [5, 5.41) is 3.60. The van der Waals surface area contributed by atoms with E-state index in [2.05, 4.69) is 72.6 Å². The van der Waals surface area contributed by atoms with Gasteiger partial charge in [-0.2, -0.15) is 0 Å². The zero-order valence-corrected chi connectivity index (χ0v) is 17.7. The summed E-state index contributed by atoms with van der Waals surface area (Å²) in [6.07, 6.45) is 9.18. The Morgan fingerprint density at radius 3 is 2.28 bits per heavy atom. The average Bonchev–Trinajstić information content (AvgIpc) is 2.88. The molecular weight excluding hydrogens is 370 g/mol. The second-order valence-electron chi connectivity index (χ2n) is 8.16. The second kappa shape index (κ2) is 8.12. The lowest BCUT2D eigenvalue weighted by Gasteiger charge is -2.22. The Morgan fingerprint density at radius 1 is 0.690 bits per heavy atom. The third-order valence-corrected chi connectivity index (χ3v) is 7.30. The molecule has 1 aliphatic heterocycles. The molecule has 0 atom stereocenters. The molecule has 0 fully saturated rings. The number of fused-ring (bicyclic) bond motifs is 3. The molecule has 29 heavy (non-hydrogen) atoms. The summed E-state index contributed by atoms with van der Waals surface area (Å²) in [6, 6.07) is 22.2.